The molecule has 0 unspecified atom stereocenters. The summed E-state index contributed by atoms with van der Waals surface area (Å²) in [6, 6.07) is 8.32. The third-order valence-electron chi connectivity index (χ3n) is 1.39. The quantitative estimate of drug-likeness (QED) is 0.676. The normalized spacial score (nSPS) is 8.92. The molecule has 0 N–H and O–H groups in total. The van der Waals surface area contributed by atoms with E-state index in [2.05, 4.69) is 39.0 Å². The summed E-state index contributed by atoms with van der Waals surface area (Å²) in [5, 5.41) is 0. The van der Waals surface area contributed by atoms with Gasteiger partial charge in [0.1, 0.15) is 0 Å². The minimum Gasteiger partial charge on any atom is -0.380 e. The lowest BCUT2D eigenvalue weighted by molar-refractivity contribution is 0.185. The van der Waals surface area contributed by atoms with E-state index < -0.39 is 0 Å². The number of benzene rings is 1. The molecule has 13 heavy (non-hydrogen) atoms. The van der Waals surface area contributed by atoms with Crippen molar-refractivity contribution in [1.82, 2.24) is 0 Å². The summed E-state index contributed by atoms with van der Waals surface area (Å²) in [5.74, 6) is 0. The highest BCUT2D eigenvalue weighted by atomic mass is 16.5. The topological polar surface area (TPSA) is 9.23 Å². The summed E-state index contributed by atoms with van der Waals surface area (Å²) in [6.07, 6.45) is 1.25. The van der Waals surface area contributed by atoms with Gasteiger partial charge in [0, 0.05) is 7.11 Å². The molecule has 0 fully saturated rings. The summed E-state index contributed by atoms with van der Waals surface area (Å²) in [5.41, 5.74) is 2.53. The minimum absolute atomic E-state index is 0.710. The van der Waals surface area contributed by atoms with Gasteiger partial charge in [-0.2, -0.15) is 0 Å². The fraction of sp³-hybridized carbons (Fsp3) is 0.500. The average Bonchev–Trinajstić information content (AvgIpc) is 2.06. The van der Waals surface area contributed by atoms with Gasteiger partial charge in [0.05, 0.1) is 6.61 Å². The highest BCUT2D eigenvalue weighted by molar-refractivity contribution is 5.21. The summed E-state index contributed by atoms with van der Waals surface area (Å²) >= 11 is 0. The molecular weight excluding hydrogens is 160 g/mol. The van der Waals surface area contributed by atoms with Gasteiger partial charge in [0.15, 0.2) is 0 Å². The second-order valence-corrected chi connectivity index (χ2v) is 3.13. The number of hydrogen-bond acceptors (Lipinski definition) is 1. The van der Waals surface area contributed by atoms with E-state index in [-0.39, 0.29) is 0 Å². The van der Waals surface area contributed by atoms with Crippen LogP contribution in [0.1, 0.15) is 31.4 Å². The molecule has 0 aliphatic heterocycles. The lowest BCUT2D eigenvalue weighted by Crippen LogP contribution is -1.86. The van der Waals surface area contributed by atoms with Crippen molar-refractivity contribution < 1.29 is 4.74 Å². The van der Waals surface area contributed by atoms with Crippen LogP contribution in [0.5, 0.6) is 0 Å². The van der Waals surface area contributed by atoms with Crippen LogP contribution in [-0.2, 0) is 11.3 Å². The lowest BCUT2D eigenvalue weighted by atomic mass is 10.1. The summed E-state index contributed by atoms with van der Waals surface area (Å²) in [4.78, 5) is 0. The number of methoxy groups -OCH3 is 1. The van der Waals surface area contributed by atoms with Crippen LogP contribution in [0.15, 0.2) is 24.3 Å². The Kier molecular flexibility index (Phi) is 7.32. The van der Waals surface area contributed by atoms with Crippen LogP contribution < -0.4 is 0 Å². The van der Waals surface area contributed by atoms with E-state index in [9.17, 15) is 0 Å². The highest BCUT2D eigenvalue weighted by Gasteiger charge is 1.89. The zero-order chi connectivity index (χ0) is 10.1. The molecule has 0 spiro atoms. The molecule has 0 heterocycles. The van der Waals surface area contributed by atoms with Crippen molar-refractivity contribution >= 4 is 0 Å². The molecule has 0 saturated heterocycles. The first-order valence-electron chi connectivity index (χ1n) is 4.79. The third kappa shape index (κ3) is 6.35. The molecule has 0 radical (unpaired) electrons. The predicted octanol–water partition coefficient (Wildman–Crippen LogP) is 3.56. The Bertz CT molecular complexity index is 218. The first-order valence-corrected chi connectivity index (χ1v) is 4.79. The number of rotatable bonds is 2. The summed E-state index contributed by atoms with van der Waals surface area (Å²) < 4.78 is 4.98. The van der Waals surface area contributed by atoms with Crippen molar-refractivity contribution in [2.75, 3.05) is 7.11 Å². The van der Waals surface area contributed by atoms with Crippen molar-refractivity contribution in [2.45, 2.75) is 33.8 Å². The van der Waals surface area contributed by atoms with E-state index in [4.69, 9.17) is 4.74 Å². The van der Waals surface area contributed by atoms with Crippen molar-refractivity contribution in [1.29, 1.82) is 0 Å². The fourth-order valence-corrected chi connectivity index (χ4v) is 0.969. The Morgan fingerprint density at radius 3 is 2.31 bits per heavy atom. The van der Waals surface area contributed by atoms with Gasteiger partial charge >= 0.3 is 0 Å². The smallest absolute Gasteiger partial charge is 0.0713 e. The Morgan fingerprint density at radius 2 is 1.85 bits per heavy atom. The van der Waals surface area contributed by atoms with E-state index >= 15 is 0 Å². The predicted molar refractivity (Wildman–Crippen MR) is 57.9 cm³/mol. The Hall–Kier alpha value is -0.820. The molecule has 1 heteroatoms. The Balaban J connectivity index is 0.000000424. The third-order valence-corrected chi connectivity index (χ3v) is 1.39. The second-order valence-electron chi connectivity index (χ2n) is 3.13. The molecule has 1 rings (SSSR count). The average molecular weight is 180 g/mol. The van der Waals surface area contributed by atoms with Crippen LogP contribution in [-0.4, -0.2) is 7.11 Å². The van der Waals surface area contributed by atoms with E-state index in [1.807, 2.05) is 6.07 Å². The molecular formula is C12H20O. The van der Waals surface area contributed by atoms with Gasteiger partial charge in [-0.15, -0.1) is 0 Å². The fourth-order valence-electron chi connectivity index (χ4n) is 0.969. The Morgan fingerprint density at radius 1 is 1.23 bits per heavy atom. The Labute approximate surface area is 81.7 Å². The molecule has 0 aliphatic rings. The van der Waals surface area contributed by atoms with Crippen LogP contribution in [0, 0.1) is 6.92 Å². The molecule has 74 valence electrons. The first kappa shape index (κ1) is 12.2. The van der Waals surface area contributed by atoms with Crippen LogP contribution in [0.4, 0.5) is 0 Å². The molecule has 0 aromatic heterocycles. The van der Waals surface area contributed by atoms with Crippen LogP contribution in [0.25, 0.3) is 0 Å². The maximum absolute atomic E-state index is 4.98. The molecule has 1 aromatic rings. The number of aryl methyl sites for hydroxylation is 1. The van der Waals surface area contributed by atoms with Gasteiger partial charge in [-0.25, -0.2) is 0 Å². The first-order chi connectivity index (χ1) is 6.24. The van der Waals surface area contributed by atoms with E-state index in [0.717, 1.165) is 0 Å². The zero-order valence-electron chi connectivity index (χ0n) is 9.13. The molecule has 0 saturated carbocycles. The maximum atomic E-state index is 4.98. The van der Waals surface area contributed by atoms with Crippen molar-refractivity contribution in [3.63, 3.8) is 0 Å². The SMILES string of the molecule is CCC.COCc1cccc(C)c1. The van der Waals surface area contributed by atoms with Gasteiger partial charge in [-0.3, -0.25) is 0 Å². The maximum Gasteiger partial charge on any atom is 0.0713 e. The summed E-state index contributed by atoms with van der Waals surface area (Å²) in [7, 11) is 1.71. The monoisotopic (exact) mass is 180 g/mol. The number of hydrogen-bond donors (Lipinski definition) is 0. The van der Waals surface area contributed by atoms with Crippen LogP contribution in [0.2, 0.25) is 0 Å². The number of ether oxygens (including phenoxy) is 1. The van der Waals surface area contributed by atoms with Gasteiger partial charge in [-0.1, -0.05) is 50.1 Å². The van der Waals surface area contributed by atoms with Crippen molar-refractivity contribution in [2.24, 2.45) is 0 Å². The zero-order valence-corrected chi connectivity index (χ0v) is 9.13. The standard InChI is InChI=1S/C9H12O.C3H8/c1-8-4-3-5-9(6-8)7-10-2;1-3-2/h3-6H,7H2,1-2H3;3H2,1-2H3. The minimum atomic E-state index is 0.710. The largest absolute Gasteiger partial charge is 0.380 e. The highest BCUT2D eigenvalue weighted by Crippen LogP contribution is 2.03. The van der Waals surface area contributed by atoms with Crippen molar-refractivity contribution in [3.05, 3.63) is 35.4 Å². The second kappa shape index (κ2) is 7.81. The molecule has 1 aromatic carbocycles. The van der Waals surface area contributed by atoms with E-state index in [1.165, 1.54) is 17.5 Å². The lowest BCUT2D eigenvalue weighted by Gasteiger charge is -1.98. The van der Waals surface area contributed by atoms with Gasteiger partial charge in [-0.05, 0) is 12.5 Å². The van der Waals surface area contributed by atoms with Crippen LogP contribution in [0.3, 0.4) is 0 Å². The molecule has 0 amide bonds. The van der Waals surface area contributed by atoms with E-state index in [0.29, 0.717) is 6.61 Å². The molecule has 0 aliphatic carbocycles. The van der Waals surface area contributed by atoms with E-state index in [1.54, 1.807) is 7.11 Å². The van der Waals surface area contributed by atoms with Gasteiger partial charge < -0.3 is 4.74 Å². The van der Waals surface area contributed by atoms with Crippen LogP contribution >= 0.6 is 0 Å². The van der Waals surface area contributed by atoms with Crippen molar-refractivity contribution in [3.8, 4) is 0 Å². The summed E-state index contributed by atoms with van der Waals surface area (Å²) in [6.45, 7) is 7.04. The molecule has 0 atom stereocenters. The molecule has 0 bridgehead atoms. The van der Waals surface area contributed by atoms with Gasteiger partial charge in [0.25, 0.3) is 0 Å². The van der Waals surface area contributed by atoms with Gasteiger partial charge in [0.2, 0.25) is 0 Å². The molecule has 1 nitrogen and oxygen atoms in total.